The van der Waals surface area contributed by atoms with E-state index in [0.717, 1.165) is 13.0 Å². The molecular weight excluding hydrogens is 150 g/mol. The minimum atomic E-state index is 0.253. The number of nitrogens with zero attached hydrogens (tertiary/aromatic N) is 1. The van der Waals surface area contributed by atoms with Gasteiger partial charge in [-0.1, -0.05) is 0 Å². The van der Waals surface area contributed by atoms with Crippen LogP contribution in [0.2, 0.25) is 0 Å². The Labute approximate surface area is 75.6 Å². The van der Waals surface area contributed by atoms with Crippen LogP contribution in [0.25, 0.3) is 0 Å². The fourth-order valence-electron chi connectivity index (χ4n) is 2.21. The summed E-state index contributed by atoms with van der Waals surface area (Å²) in [7, 11) is 0. The van der Waals surface area contributed by atoms with Crippen LogP contribution in [0.5, 0.6) is 0 Å². The van der Waals surface area contributed by atoms with E-state index in [1.807, 2.05) is 0 Å². The second-order valence-electron chi connectivity index (χ2n) is 4.96. The highest BCUT2D eigenvalue weighted by Gasteiger charge is 2.34. The van der Waals surface area contributed by atoms with E-state index in [1.54, 1.807) is 0 Å². The van der Waals surface area contributed by atoms with Crippen LogP contribution in [0.15, 0.2) is 0 Å². The number of aliphatic hydroxyl groups excluding tert-OH is 1. The van der Waals surface area contributed by atoms with E-state index in [2.05, 4.69) is 32.6 Å². The van der Waals surface area contributed by atoms with Gasteiger partial charge in [0, 0.05) is 24.7 Å². The van der Waals surface area contributed by atoms with Gasteiger partial charge in [-0.15, -0.1) is 0 Å². The summed E-state index contributed by atoms with van der Waals surface area (Å²) in [6.45, 7) is 10.4. The van der Waals surface area contributed by atoms with Crippen molar-refractivity contribution in [2.75, 3.05) is 13.2 Å². The SMILES string of the molecule is C[C@@H]1CC(CO)CN1C(C)(C)C. The fourth-order valence-corrected chi connectivity index (χ4v) is 2.21. The maximum atomic E-state index is 9.04. The van der Waals surface area contributed by atoms with Crippen molar-refractivity contribution in [2.45, 2.75) is 45.7 Å². The Morgan fingerprint density at radius 3 is 2.25 bits per heavy atom. The molecule has 0 aromatic carbocycles. The van der Waals surface area contributed by atoms with Crippen molar-refractivity contribution in [1.82, 2.24) is 4.90 Å². The molecule has 0 aromatic heterocycles. The molecule has 1 heterocycles. The van der Waals surface area contributed by atoms with E-state index in [0.29, 0.717) is 18.6 Å². The third kappa shape index (κ3) is 1.99. The number of hydrogen-bond donors (Lipinski definition) is 1. The molecule has 1 aliphatic heterocycles. The van der Waals surface area contributed by atoms with Gasteiger partial charge in [0.25, 0.3) is 0 Å². The molecule has 0 aromatic rings. The van der Waals surface area contributed by atoms with Gasteiger partial charge in [-0.3, -0.25) is 4.90 Å². The molecule has 1 saturated heterocycles. The lowest BCUT2D eigenvalue weighted by atomic mass is 10.1. The maximum Gasteiger partial charge on any atom is 0.0472 e. The van der Waals surface area contributed by atoms with E-state index in [9.17, 15) is 0 Å². The smallest absolute Gasteiger partial charge is 0.0472 e. The third-order valence-corrected chi connectivity index (χ3v) is 2.78. The average Bonchev–Trinajstić information content (AvgIpc) is 2.29. The summed E-state index contributed by atoms with van der Waals surface area (Å²) in [5.41, 5.74) is 0.253. The van der Waals surface area contributed by atoms with Crippen LogP contribution in [0.4, 0.5) is 0 Å². The molecule has 0 amide bonds. The molecule has 1 unspecified atom stereocenters. The summed E-state index contributed by atoms with van der Waals surface area (Å²) in [5, 5.41) is 9.04. The van der Waals surface area contributed by atoms with Crippen molar-refractivity contribution in [3.63, 3.8) is 0 Å². The van der Waals surface area contributed by atoms with Gasteiger partial charge < -0.3 is 5.11 Å². The maximum absolute atomic E-state index is 9.04. The monoisotopic (exact) mass is 171 g/mol. The van der Waals surface area contributed by atoms with Crippen molar-refractivity contribution < 1.29 is 5.11 Å². The molecule has 12 heavy (non-hydrogen) atoms. The van der Waals surface area contributed by atoms with Gasteiger partial charge in [-0.2, -0.15) is 0 Å². The molecule has 2 nitrogen and oxygen atoms in total. The highest BCUT2D eigenvalue weighted by Crippen LogP contribution is 2.29. The first-order valence-corrected chi connectivity index (χ1v) is 4.82. The minimum Gasteiger partial charge on any atom is -0.396 e. The second kappa shape index (κ2) is 3.35. The normalized spacial score (nSPS) is 32.8. The van der Waals surface area contributed by atoms with Crippen molar-refractivity contribution >= 4 is 0 Å². The van der Waals surface area contributed by atoms with Crippen molar-refractivity contribution in [3.8, 4) is 0 Å². The van der Waals surface area contributed by atoms with Crippen LogP contribution in [0.1, 0.15) is 34.1 Å². The lowest BCUT2D eigenvalue weighted by Crippen LogP contribution is -2.43. The van der Waals surface area contributed by atoms with Gasteiger partial charge in [0.1, 0.15) is 0 Å². The molecule has 72 valence electrons. The molecule has 2 heteroatoms. The molecule has 1 rings (SSSR count). The molecule has 0 radical (unpaired) electrons. The van der Waals surface area contributed by atoms with Crippen LogP contribution < -0.4 is 0 Å². The second-order valence-corrected chi connectivity index (χ2v) is 4.96. The Morgan fingerprint density at radius 1 is 1.42 bits per heavy atom. The molecule has 1 aliphatic rings. The summed E-state index contributed by atoms with van der Waals surface area (Å²) < 4.78 is 0. The van der Waals surface area contributed by atoms with Gasteiger partial charge in [-0.25, -0.2) is 0 Å². The lowest BCUT2D eigenvalue weighted by Gasteiger charge is -2.35. The Hall–Kier alpha value is -0.0800. The zero-order valence-electron chi connectivity index (χ0n) is 8.67. The Morgan fingerprint density at radius 2 is 2.00 bits per heavy atom. The summed E-state index contributed by atoms with van der Waals surface area (Å²) in [6, 6.07) is 0.627. The van der Waals surface area contributed by atoms with Crippen molar-refractivity contribution in [3.05, 3.63) is 0 Å². The zero-order chi connectivity index (χ0) is 9.35. The highest BCUT2D eigenvalue weighted by atomic mass is 16.3. The molecule has 1 N–H and O–H groups in total. The molecule has 0 bridgehead atoms. The van der Waals surface area contributed by atoms with E-state index in [4.69, 9.17) is 5.11 Å². The lowest BCUT2D eigenvalue weighted by molar-refractivity contribution is 0.122. The average molecular weight is 171 g/mol. The van der Waals surface area contributed by atoms with E-state index >= 15 is 0 Å². The number of aliphatic hydroxyl groups is 1. The number of rotatable bonds is 1. The van der Waals surface area contributed by atoms with Crippen LogP contribution >= 0.6 is 0 Å². The third-order valence-electron chi connectivity index (χ3n) is 2.78. The van der Waals surface area contributed by atoms with Gasteiger partial charge in [-0.05, 0) is 40.0 Å². The van der Waals surface area contributed by atoms with Crippen LogP contribution in [-0.2, 0) is 0 Å². The molecule has 1 fully saturated rings. The quantitative estimate of drug-likeness (QED) is 0.646. The highest BCUT2D eigenvalue weighted by molar-refractivity contribution is 4.89. The molecular formula is C10H21NO. The van der Waals surface area contributed by atoms with Crippen molar-refractivity contribution in [1.29, 1.82) is 0 Å². The molecule has 2 atom stereocenters. The van der Waals surface area contributed by atoms with Crippen LogP contribution in [0.3, 0.4) is 0 Å². The first-order valence-electron chi connectivity index (χ1n) is 4.82. The predicted molar refractivity (Wildman–Crippen MR) is 51.1 cm³/mol. The fraction of sp³-hybridized carbons (Fsp3) is 1.00. The first kappa shape index (κ1) is 10.0. The molecule has 0 spiro atoms. The predicted octanol–water partition coefficient (Wildman–Crippen LogP) is 1.49. The van der Waals surface area contributed by atoms with Gasteiger partial charge in [0.15, 0.2) is 0 Å². The number of hydrogen-bond acceptors (Lipinski definition) is 2. The van der Waals surface area contributed by atoms with E-state index in [-0.39, 0.29) is 5.54 Å². The topological polar surface area (TPSA) is 23.5 Å². The van der Waals surface area contributed by atoms with E-state index < -0.39 is 0 Å². The van der Waals surface area contributed by atoms with Crippen molar-refractivity contribution in [2.24, 2.45) is 5.92 Å². The minimum absolute atomic E-state index is 0.253. The first-order chi connectivity index (χ1) is 5.45. The standard InChI is InChI=1S/C10H21NO/c1-8-5-9(7-12)6-11(8)10(2,3)4/h8-9,12H,5-7H2,1-4H3/t8-,9?/m1/s1. The summed E-state index contributed by atoms with van der Waals surface area (Å²) in [4.78, 5) is 2.48. The number of likely N-dealkylation sites (tertiary alicyclic amines) is 1. The zero-order valence-corrected chi connectivity index (χ0v) is 8.67. The summed E-state index contributed by atoms with van der Waals surface area (Å²) in [6.07, 6.45) is 1.15. The van der Waals surface area contributed by atoms with Gasteiger partial charge in [0.05, 0.1) is 0 Å². The Bertz CT molecular complexity index is 150. The van der Waals surface area contributed by atoms with Crippen LogP contribution in [-0.4, -0.2) is 34.7 Å². The Balaban J connectivity index is 2.58. The van der Waals surface area contributed by atoms with Gasteiger partial charge >= 0.3 is 0 Å². The molecule has 0 aliphatic carbocycles. The summed E-state index contributed by atoms with van der Waals surface area (Å²) in [5.74, 6) is 0.499. The van der Waals surface area contributed by atoms with Crippen LogP contribution in [0, 0.1) is 5.92 Å². The van der Waals surface area contributed by atoms with Gasteiger partial charge in [0.2, 0.25) is 0 Å². The Kier molecular flexibility index (Phi) is 2.79. The van der Waals surface area contributed by atoms with E-state index in [1.165, 1.54) is 0 Å². The summed E-state index contributed by atoms with van der Waals surface area (Å²) >= 11 is 0. The largest absolute Gasteiger partial charge is 0.396 e. The molecule has 0 saturated carbocycles.